The Bertz CT molecular complexity index is 839. The first-order chi connectivity index (χ1) is 11.9. The van der Waals surface area contributed by atoms with Crippen LogP contribution in [0.3, 0.4) is 0 Å². The Labute approximate surface area is 141 Å². The second-order valence-electron chi connectivity index (χ2n) is 5.91. The van der Waals surface area contributed by atoms with Gasteiger partial charge in [-0.15, -0.1) is 0 Å². The van der Waals surface area contributed by atoms with E-state index in [4.69, 9.17) is 0 Å². The van der Waals surface area contributed by atoms with Crippen LogP contribution in [0.25, 0.3) is 0 Å². The van der Waals surface area contributed by atoms with E-state index >= 15 is 0 Å². The molecule has 1 aromatic heterocycles. The van der Waals surface area contributed by atoms with Crippen molar-refractivity contribution in [1.82, 2.24) is 14.3 Å². The maximum absolute atomic E-state index is 13.0. The predicted molar refractivity (Wildman–Crippen MR) is 84.1 cm³/mol. The van der Waals surface area contributed by atoms with Crippen LogP contribution in [0.15, 0.2) is 29.1 Å². The molecule has 9 heteroatoms. The molecule has 0 spiro atoms. The van der Waals surface area contributed by atoms with Crippen LogP contribution in [-0.4, -0.2) is 20.3 Å². The third-order valence-electron chi connectivity index (χ3n) is 4.08. The molecule has 2 aromatic rings. The zero-order valence-corrected chi connectivity index (χ0v) is 13.3. The molecule has 0 fully saturated rings. The Morgan fingerprint density at radius 1 is 1.20 bits per heavy atom. The summed E-state index contributed by atoms with van der Waals surface area (Å²) in [6.45, 7) is 0.123. The molecule has 1 aliphatic heterocycles. The number of amides is 1. The molecule has 1 N–H and O–H groups in total. The van der Waals surface area contributed by atoms with Gasteiger partial charge in [-0.3, -0.25) is 9.36 Å². The molecule has 0 radical (unpaired) electrons. The molecule has 0 saturated carbocycles. The van der Waals surface area contributed by atoms with Gasteiger partial charge >= 0.3 is 11.9 Å². The van der Waals surface area contributed by atoms with Gasteiger partial charge in [0, 0.05) is 13.0 Å². The summed E-state index contributed by atoms with van der Waals surface area (Å²) >= 11 is 0. The lowest BCUT2D eigenvalue weighted by Gasteiger charge is -2.13. The van der Waals surface area contributed by atoms with Gasteiger partial charge in [-0.1, -0.05) is 18.6 Å². The summed E-state index contributed by atoms with van der Waals surface area (Å²) < 4.78 is 41.4. The van der Waals surface area contributed by atoms with Crippen molar-refractivity contribution < 1.29 is 18.0 Å². The van der Waals surface area contributed by atoms with Crippen LogP contribution >= 0.6 is 0 Å². The number of para-hydroxylation sites is 1. The average molecular weight is 354 g/mol. The second kappa shape index (κ2) is 6.73. The topological polar surface area (TPSA) is 68.9 Å². The number of aryl methyl sites for hydroxylation is 1. The maximum atomic E-state index is 13.0. The highest BCUT2D eigenvalue weighted by atomic mass is 19.4. The second-order valence-corrected chi connectivity index (χ2v) is 5.91. The third-order valence-corrected chi connectivity index (χ3v) is 4.08. The molecule has 6 nitrogen and oxygen atoms in total. The van der Waals surface area contributed by atoms with E-state index in [-0.39, 0.29) is 5.69 Å². The van der Waals surface area contributed by atoms with E-state index in [0.717, 1.165) is 30.0 Å². The van der Waals surface area contributed by atoms with Crippen LogP contribution in [0.2, 0.25) is 0 Å². The molecule has 3 rings (SSSR count). The van der Waals surface area contributed by atoms with Gasteiger partial charge in [0.2, 0.25) is 5.91 Å². The van der Waals surface area contributed by atoms with Crippen molar-refractivity contribution in [2.24, 2.45) is 0 Å². The number of fused-ring (bicyclic) bond motifs is 1. The Morgan fingerprint density at radius 2 is 1.96 bits per heavy atom. The zero-order chi connectivity index (χ0) is 18.0. The molecule has 134 valence electrons. The minimum Gasteiger partial charge on any atom is -0.324 e. The first-order valence-electron chi connectivity index (χ1n) is 7.99. The van der Waals surface area contributed by atoms with Crippen molar-refractivity contribution in [2.45, 2.75) is 44.9 Å². The van der Waals surface area contributed by atoms with Gasteiger partial charge in [0.15, 0.2) is 0 Å². The normalized spacial score (nSPS) is 14.7. The third kappa shape index (κ3) is 3.75. The van der Waals surface area contributed by atoms with Crippen molar-refractivity contribution in [2.75, 3.05) is 5.32 Å². The maximum Gasteiger partial charge on any atom is 0.418 e. The molecular weight excluding hydrogens is 337 g/mol. The standard InChI is InChI=1S/C16H17F3N4O2/c17-16(18,19)11-6-3-4-7-12(11)20-14(24)10-23-15(25)22-9-5-1-2-8-13(22)21-23/h3-4,6-7H,1-2,5,8-10H2,(H,20,24). The van der Waals surface area contributed by atoms with Crippen molar-refractivity contribution in [3.63, 3.8) is 0 Å². The zero-order valence-electron chi connectivity index (χ0n) is 13.3. The number of hydrogen-bond acceptors (Lipinski definition) is 3. The summed E-state index contributed by atoms with van der Waals surface area (Å²) in [6, 6.07) is 4.71. The summed E-state index contributed by atoms with van der Waals surface area (Å²) in [6.07, 6.45) is -1.13. The Kier molecular flexibility index (Phi) is 4.65. The van der Waals surface area contributed by atoms with Gasteiger partial charge in [0.25, 0.3) is 0 Å². The fraction of sp³-hybridized carbons (Fsp3) is 0.438. The Hall–Kier alpha value is -2.58. The molecular formula is C16H17F3N4O2. The van der Waals surface area contributed by atoms with Crippen LogP contribution in [0.1, 0.15) is 30.7 Å². The lowest BCUT2D eigenvalue weighted by atomic mass is 10.1. The Balaban J connectivity index is 1.78. The molecule has 0 atom stereocenters. The fourth-order valence-electron chi connectivity index (χ4n) is 2.89. The highest BCUT2D eigenvalue weighted by Crippen LogP contribution is 2.34. The Morgan fingerprint density at radius 3 is 2.72 bits per heavy atom. The monoisotopic (exact) mass is 354 g/mol. The van der Waals surface area contributed by atoms with Crippen LogP contribution in [0.4, 0.5) is 18.9 Å². The number of alkyl halides is 3. The number of benzene rings is 1. The molecule has 25 heavy (non-hydrogen) atoms. The molecule has 0 bridgehead atoms. The molecule has 1 aliphatic rings. The molecule has 0 saturated heterocycles. The average Bonchev–Trinajstić information content (AvgIpc) is 2.72. The van der Waals surface area contributed by atoms with Crippen LogP contribution in [0.5, 0.6) is 0 Å². The minimum absolute atomic E-state index is 0.339. The summed E-state index contributed by atoms with van der Waals surface area (Å²) in [5, 5.41) is 6.36. The lowest BCUT2D eigenvalue weighted by molar-refractivity contribution is -0.137. The van der Waals surface area contributed by atoms with E-state index in [1.54, 1.807) is 0 Å². The van der Waals surface area contributed by atoms with Crippen LogP contribution in [-0.2, 0) is 30.5 Å². The van der Waals surface area contributed by atoms with E-state index in [1.165, 1.54) is 22.8 Å². The largest absolute Gasteiger partial charge is 0.418 e. The van der Waals surface area contributed by atoms with Gasteiger partial charge in [-0.25, -0.2) is 9.48 Å². The lowest BCUT2D eigenvalue weighted by Crippen LogP contribution is -2.30. The highest BCUT2D eigenvalue weighted by molar-refractivity contribution is 5.91. The number of nitrogens with one attached hydrogen (secondary N) is 1. The molecule has 1 aromatic carbocycles. The van der Waals surface area contributed by atoms with E-state index in [9.17, 15) is 22.8 Å². The van der Waals surface area contributed by atoms with Gasteiger partial charge in [0.05, 0.1) is 11.3 Å². The van der Waals surface area contributed by atoms with Crippen LogP contribution in [0, 0.1) is 0 Å². The van der Waals surface area contributed by atoms with E-state index in [1.807, 2.05) is 0 Å². The smallest absolute Gasteiger partial charge is 0.324 e. The molecule has 0 unspecified atom stereocenters. The summed E-state index contributed by atoms with van der Waals surface area (Å²) in [5.41, 5.74) is -1.68. The van der Waals surface area contributed by atoms with Crippen molar-refractivity contribution in [3.8, 4) is 0 Å². The number of hydrogen-bond donors (Lipinski definition) is 1. The number of carbonyl (C=O) groups is 1. The number of aromatic nitrogens is 3. The fourth-order valence-corrected chi connectivity index (χ4v) is 2.89. The van der Waals surface area contributed by atoms with Crippen molar-refractivity contribution in [3.05, 3.63) is 46.1 Å². The van der Waals surface area contributed by atoms with E-state index in [2.05, 4.69) is 10.4 Å². The number of carbonyl (C=O) groups excluding carboxylic acids is 1. The highest BCUT2D eigenvalue weighted by Gasteiger charge is 2.33. The summed E-state index contributed by atoms with van der Waals surface area (Å²) in [7, 11) is 0. The van der Waals surface area contributed by atoms with E-state index < -0.39 is 29.9 Å². The molecule has 1 amide bonds. The molecule has 0 aliphatic carbocycles. The number of rotatable bonds is 3. The molecule has 2 heterocycles. The summed E-state index contributed by atoms with van der Waals surface area (Å²) in [4.78, 5) is 24.4. The summed E-state index contributed by atoms with van der Waals surface area (Å²) in [5.74, 6) is -0.113. The number of nitrogens with zero attached hydrogens (tertiary/aromatic N) is 3. The minimum atomic E-state index is -4.58. The van der Waals surface area contributed by atoms with Gasteiger partial charge < -0.3 is 5.32 Å². The first-order valence-corrected chi connectivity index (χ1v) is 7.99. The predicted octanol–water partition coefficient (Wildman–Crippen LogP) is 2.43. The van der Waals surface area contributed by atoms with Crippen molar-refractivity contribution >= 4 is 11.6 Å². The van der Waals surface area contributed by atoms with Crippen molar-refractivity contribution in [1.29, 1.82) is 0 Å². The van der Waals surface area contributed by atoms with Gasteiger partial charge in [-0.05, 0) is 25.0 Å². The van der Waals surface area contributed by atoms with E-state index in [0.29, 0.717) is 18.8 Å². The first kappa shape index (κ1) is 17.2. The van der Waals surface area contributed by atoms with Gasteiger partial charge in [0.1, 0.15) is 12.4 Å². The van der Waals surface area contributed by atoms with Gasteiger partial charge in [-0.2, -0.15) is 18.3 Å². The quantitative estimate of drug-likeness (QED) is 0.920. The number of anilines is 1. The number of halogens is 3. The SMILES string of the molecule is O=C(Cn1nc2n(c1=O)CCCCC2)Nc1ccccc1C(F)(F)F. The van der Waals surface area contributed by atoms with Crippen LogP contribution < -0.4 is 11.0 Å².